The number of nitrogens with zero attached hydrogens (tertiary/aromatic N) is 3. The Labute approximate surface area is 137 Å². The number of hydrogen-bond acceptors (Lipinski definition) is 5. The van der Waals surface area contributed by atoms with Crippen LogP contribution in [-0.4, -0.2) is 46.6 Å². The summed E-state index contributed by atoms with van der Waals surface area (Å²) in [4.78, 5) is 18.9. The minimum atomic E-state index is -0.102. The van der Waals surface area contributed by atoms with Gasteiger partial charge in [0.25, 0.3) is 11.6 Å². The molecule has 0 aromatic carbocycles. The Morgan fingerprint density at radius 1 is 1.39 bits per heavy atom. The van der Waals surface area contributed by atoms with Crippen molar-refractivity contribution in [2.75, 3.05) is 19.6 Å². The molecule has 0 saturated carbocycles. The molecule has 6 heteroatoms. The lowest BCUT2D eigenvalue weighted by atomic mass is 10.1. The standard InChI is InChI=1S/C17H26N4O2/c1-5-21(6-2)9-7-8-12(3)19-16(22)14-10-15-13(4)20-23-17(15)18-11-14/h10-12H,5-9H2,1-4H3,(H,19,22)/t12-/m0/s1. The Kier molecular flexibility index (Phi) is 6.10. The second kappa shape index (κ2) is 8.06. The van der Waals surface area contributed by atoms with Crippen LogP contribution in [0.15, 0.2) is 16.8 Å². The average molecular weight is 318 g/mol. The first kappa shape index (κ1) is 17.4. The summed E-state index contributed by atoms with van der Waals surface area (Å²) in [5.74, 6) is -0.102. The van der Waals surface area contributed by atoms with Crippen LogP contribution in [0.4, 0.5) is 0 Å². The van der Waals surface area contributed by atoms with Crippen LogP contribution >= 0.6 is 0 Å². The Morgan fingerprint density at radius 2 is 2.13 bits per heavy atom. The lowest BCUT2D eigenvalue weighted by Crippen LogP contribution is -2.33. The van der Waals surface area contributed by atoms with Gasteiger partial charge in [-0.2, -0.15) is 0 Å². The molecule has 126 valence electrons. The minimum Gasteiger partial charge on any atom is -0.350 e. The maximum atomic E-state index is 12.3. The van der Waals surface area contributed by atoms with Gasteiger partial charge in [0.15, 0.2) is 0 Å². The van der Waals surface area contributed by atoms with Crippen LogP contribution in [0.5, 0.6) is 0 Å². The number of fused-ring (bicyclic) bond motifs is 1. The van der Waals surface area contributed by atoms with Crippen molar-refractivity contribution < 1.29 is 9.32 Å². The molecule has 2 rings (SSSR count). The number of nitrogens with one attached hydrogen (secondary N) is 1. The molecule has 0 aliphatic carbocycles. The molecule has 0 bridgehead atoms. The van der Waals surface area contributed by atoms with E-state index < -0.39 is 0 Å². The summed E-state index contributed by atoms with van der Waals surface area (Å²) in [5.41, 5.74) is 1.75. The van der Waals surface area contributed by atoms with Crippen LogP contribution in [0.25, 0.3) is 11.1 Å². The molecule has 2 aromatic heterocycles. The van der Waals surface area contributed by atoms with E-state index in [4.69, 9.17) is 4.52 Å². The van der Waals surface area contributed by atoms with Crippen molar-refractivity contribution in [3.05, 3.63) is 23.5 Å². The van der Waals surface area contributed by atoms with E-state index in [1.165, 1.54) is 6.20 Å². The lowest BCUT2D eigenvalue weighted by Gasteiger charge is -2.19. The number of pyridine rings is 1. The summed E-state index contributed by atoms with van der Waals surface area (Å²) in [6, 6.07) is 1.92. The van der Waals surface area contributed by atoms with E-state index in [-0.39, 0.29) is 11.9 Å². The van der Waals surface area contributed by atoms with Gasteiger partial charge in [0.2, 0.25) is 0 Å². The normalized spacial score (nSPS) is 12.7. The SMILES string of the molecule is CCN(CC)CCC[C@H](C)NC(=O)c1cnc2onc(C)c2c1. The molecule has 1 N–H and O–H groups in total. The van der Waals surface area contributed by atoms with Crippen LogP contribution in [0.2, 0.25) is 0 Å². The van der Waals surface area contributed by atoms with Gasteiger partial charge in [-0.25, -0.2) is 4.98 Å². The number of aromatic nitrogens is 2. The zero-order valence-corrected chi connectivity index (χ0v) is 14.4. The highest BCUT2D eigenvalue weighted by Crippen LogP contribution is 2.16. The van der Waals surface area contributed by atoms with Gasteiger partial charge in [-0.1, -0.05) is 19.0 Å². The van der Waals surface area contributed by atoms with Crippen molar-refractivity contribution in [1.29, 1.82) is 0 Å². The first-order valence-electron chi connectivity index (χ1n) is 8.30. The molecule has 1 atom stereocenters. The molecule has 0 unspecified atom stereocenters. The van der Waals surface area contributed by atoms with Crippen LogP contribution in [-0.2, 0) is 0 Å². The van der Waals surface area contributed by atoms with Crippen LogP contribution in [0.1, 0.15) is 49.7 Å². The van der Waals surface area contributed by atoms with E-state index in [9.17, 15) is 4.79 Å². The second-order valence-electron chi connectivity index (χ2n) is 5.89. The summed E-state index contributed by atoms with van der Waals surface area (Å²) in [5, 5.41) is 7.67. The van der Waals surface area contributed by atoms with Crippen LogP contribution in [0, 0.1) is 6.92 Å². The zero-order chi connectivity index (χ0) is 16.8. The van der Waals surface area contributed by atoms with Gasteiger partial charge < -0.3 is 14.7 Å². The lowest BCUT2D eigenvalue weighted by molar-refractivity contribution is 0.0937. The Hall–Kier alpha value is -1.95. The average Bonchev–Trinajstić information content (AvgIpc) is 2.92. The van der Waals surface area contributed by atoms with Gasteiger partial charge in [-0.05, 0) is 52.4 Å². The molecule has 0 aliphatic rings. The first-order valence-corrected chi connectivity index (χ1v) is 8.30. The van der Waals surface area contributed by atoms with Gasteiger partial charge in [0, 0.05) is 12.2 Å². The minimum absolute atomic E-state index is 0.102. The van der Waals surface area contributed by atoms with Crippen molar-refractivity contribution >= 4 is 17.0 Å². The third kappa shape index (κ3) is 4.51. The van der Waals surface area contributed by atoms with E-state index in [2.05, 4.69) is 34.2 Å². The number of carbonyl (C=O) groups excluding carboxylic acids is 1. The number of aryl methyl sites for hydroxylation is 1. The smallest absolute Gasteiger partial charge is 0.257 e. The predicted octanol–water partition coefficient (Wildman–Crippen LogP) is 2.77. The summed E-state index contributed by atoms with van der Waals surface area (Å²) in [7, 11) is 0. The quantitative estimate of drug-likeness (QED) is 0.810. The predicted molar refractivity (Wildman–Crippen MR) is 90.5 cm³/mol. The summed E-state index contributed by atoms with van der Waals surface area (Å²) >= 11 is 0. The van der Waals surface area contributed by atoms with Crippen LogP contribution < -0.4 is 5.32 Å². The van der Waals surface area contributed by atoms with E-state index in [0.717, 1.165) is 43.6 Å². The fourth-order valence-corrected chi connectivity index (χ4v) is 2.61. The Morgan fingerprint density at radius 3 is 2.83 bits per heavy atom. The van der Waals surface area contributed by atoms with Gasteiger partial charge in [-0.3, -0.25) is 4.79 Å². The van der Waals surface area contributed by atoms with E-state index in [1.807, 2.05) is 13.8 Å². The molecule has 6 nitrogen and oxygen atoms in total. The molecular formula is C17H26N4O2. The summed E-state index contributed by atoms with van der Waals surface area (Å²) in [6.45, 7) is 11.4. The number of amides is 1. The van der Waals surface area contributed by atoms with Crippen LogP contribution in [0.3, 0.4) is 0 Å². The number of rotatable bonds is 8. The number of hydrogen-bond donors (Lipinski definition) is 1. The maximum absolute atomic E-state index is 12.3. The van der Waals surface area contributed by atoms with Crippen molar-refractivity contribution in [3.8, 4) is 0 Å². The summed E-state index contributed by atoms with van der Waals surface area (Å²) in [6.07, 6.45) is 3.57. The van der Waals surface area contributed by atoms with E-state index in [1.54, 1.807) is 6.07 Å². The maximum Gasteiger partial charge on any atom is 0.257 e. The van der Waals surface area contributed by atoms with Gasteiger partial charge in [0.1, 0.15) is 0 Å². The Bertz CT molecular complexity index is 649. The first-order chi connectivity index (χ1) is 11.0. The molecular weight excluding hydrogens is 292 g/mol. The fourth-order valence-electron chi connectivity index (χ4n) is 2.61. The van der Waals surface area contributed by atoms with Gasteiger partial charge in [0.05, 0.1) is 16.6 Å². The third-order valence-corrected chi connectivity index (χ3v) is 4.16. The highest BCUT2D eigenvalue weighted by Gasteiger charge is 2.13. The fraction of sp³-hybridized carbons (Fsp3) is 0.588. The van der Waals surface area contributed by atoms with Crippen molar-refractivity contribution in [3.63, 3.8) is 0 Å². The molecule has 2 heterocycles. The third-order valence-electron chi connectivity index (χ3n) is 4.16. The molecule has 0 spiro atoms. The summed E-state index contributed by atoms with van der Waals surface area (Å²) < 4.78 is 5.06. The van der Waals surface area contributed by atoms with E-state index >= 15 is 0 Å². The van der Waals surface area contributed by atoms with Gasteiger partial charge in [-0.15, -0.1) is 0 Å². The molecule has 23 heavy (non-hydrogen) atoms. The Balaban J connectivity index is 1.88. The molecule has 0 aliphatic heterocycles. The zero-order valence-electron chi connectivity index (χ0n) is 14.4. The largest absolute Gasteiger partial charge is 0.350 e. The van der Waals surface area contributed by atoms with Crippen molar-refractivity contribution in [2.45, 2.75) is 46.6 Å². The van der Waals surface area contributed by atoms with Crippen molar-refractivity contribution in [2.24, 2.45) is 0 Å². The number of carbonyl (C=O) groups is 1. The van der Waals surface area contributed by atoms with Gasteiger partial charge >= 0.3 is 0 Å². The van der Waals surface area contributed by atoms with Crippen molar-refractivity contribution in [1.82, 2.24) is 20.4 Å². The monoisotopic (exact) mass is 318 g/mol. The molecule has 2 aromatic rings. The topological polar surface area (TPSA) is 71.3 Å². The highest BCUT2D eigenvalue weighted by molar-refractivity contribution is 5.97. The van der Waals surface area contributed by atoms with E-state index in [0.29, 0.717) is 11.3 Å². The molecule has 1 amide bonds. The molecule has 0 fully saturated rings. The second-order valence-corrected chi connectivity index (χ2v) is 5.89. The molecule has 0 radical (unpaired) electrons. The molecule has 0 saturated heterocycles. The highest BCUT2D eigenvalue weighted by atomic mass is 16.5.